The second-order valence-electron chi connectivity index (χ2n) is 7.45. The number of hydrogen-bond donors (Lipinski definition) is 0. The lowest BCUT2D eigenvalue weighted by Crippen LogP contribution is -2.46. The Morgan fingerprint density at radius 3 is 2.63 bits per heavy atom. The molecule has 30 heavy (non-hydrogen) atoms. The number of rotatable bonds is 5. The number of fused-ring (bicyclic) bond motifs is 1. The Morgan fingerprint density at radius 1 is 1.20 bits per heavy atom. The molecule has 0 atom stereocenters. The highest BCUT2D eigenvalue weighted by atomic mass is 19.1. The molecule has 0 bridgehead atoms. The zero-order valence-corrected chi connectivity index (χ0v) is 16.6. The first-order valence-corrected chi connectivity index (χ1v) is 9.71. The van der Waals surface area contributed by atoms with Crippen LogP contribution in [0.2, 0.25) is 0 Å². The van der Waals surface area contributed by atoms with Gasteiger partial charge in [0.2, 0.25) is 0 Å². The van der Waals surface area contributed by atoms with E-state index in [1.807, 2.05) is 4.90 Å². The molecule has 9 heteroatoms. The van der Waals surface area contributed by atoms with Crippen molar-refractivity contribution in [1.82, 2.24) is 4.90 Å². The number of anilines is 1. The normalized spacial score (nSPS) is 16.7. The van der Waals surface area contributed by atoms with E-state index in [2.05, 4.69) is 4.90 Å². The fourth-order valence-electron chi connectivity index (χ4n) is 3.87. The number of ether oxygens (including phenoxy) is 2. The third kappa shape index (κ3) is 4.12. The molecule has 8 nitrogen and oxygen atoms in total. The van der Waals surface area contributed by atoms with Gasteiger partial charge in [-0.3, -0.25) is 19.8 Å². The van der Waals surface area contributed by atoms with Gasteiger partial charge in [-0.25, -0.2) is 4.39 Å². The highest BCUT2D eigenvalue weighted by Gasteiger charge is 2.25. The third-order valence-corrected chi connectivity index (χ3v) is 5.44. The van der Waals surface area contributed by atoms with Crippen LogP contribution in [0.5, 0.6) is 5.75 Å². The number of benzene rings is 2. The molecule has 0 amide bonds. The van der Waals surface area contributed by atoms with Crippen LogP contribution in [-0.2, 0) is 17.9 Å². The van der Waals surface area contributed by atoms with Gasteiger partial charge in [0.25, 0.3) is 5.69 Å². The number of hydrogen-bond acceptors (Lipinski definition) is 7. The Labute approximate surface area is 172 Å². The van der Waals surface area contributed by atoms with E-state index < -0.39 is 10.7 Å². The van der Waals surface area contributed by atoms with Crippen molar-refractivity contribution in [2.75, 3.05) is 37.9 Å². The van der Waals surface area contributed by atoms with E-state index in [9.17, 15) is 19.3 Å². The Morgan fingerprint density at radius 2 is 1.97 bits per heavy atom. The maximum absolute atomic E-state index is 14.4. The quantitative estimate of drug-likeness (QED) is 0.421. The van der Waals surface area contributed by atoms with E-state index in [4.69, 9.17) is 9.47 Å². The molecule has 0 spiro atoms. The molecular weight excluding hydrogens is 393 g/mol. The summed E-state index contributed by atoms with van der Waals surface area (Å²) in [4.78, 5) is 26.4. The van der Waals surface area contributed by atoms with Gasteiger partial charge >= 0.3 is 0 Å². The molecule has 0 radical (unpaired) electrons. The summed E-state index contributed by atoms with van der Waals surface area (Å²) < 4.78 is 25.3. The minimum atomic E-state index is -0.413. The van der Waals surface area contributed by atoms with Crippen molar-refractivity contribution < 1.29 is 23.6 Å². The van der Waals surface area contributed by atoms with Crippen LogP contribution in [0.4, 0.5) is 15.8 Å². The minimum absolute atomic E-state index is 0.0177. The van der Waals surface area contributed by atoms with Crippen LogP contribution in [0.25, 0.3) is 0 Å². The first kappa shape index (κ1) is 20.2. The molecule has 1 fully saturated rings. The summed E-state index contributed by atoms with van der Waals surface area (Å²) in [6.07, 6.45) is 0. The molecule has 2 aromatic rings. The van der Waals surface area contributed by atoms with Gasteiger partial charge in [0.15, 0.2) is 12.6 Å². The number of halogens is 1. The van der Waals surface area contributed by atoms with Gasteiger partial charge in [-0.15, -0.1) is 0 Å². The Kier molecular flexibility index (Phi) is 5.65. The minimum Gasteiger partial charge on any atom is -0.467 e. The van der Waals surface area contributed by atoms with Crippen LogP contribution in [0.3, 0.4) is 0 Å². The van der Waals surface area contributed by atoms with Gasteiger partial charge < -0.3 is 14.4 Å². The van der Waals surface area contributed by atoms with Crippen molar-refractivity contribution in [2.45, 2.75) is 20.1 Å². The third-order valence-electron chi connectivity index (χ3n) is 5.44. The lowest BCUT2D eigenvalue weighted by Gasteiger charge is -2.36. The number of nitro benzene ring substituents is 1. The van der Waals surface area contributed by atoms with Gasteiger partial charge in [-0.1, -0.05) is 0 Å². The molecule has 2 aliphatic rings. The topological polar surface area (TPSA) is 85.2 Å². The van der Waals surface area contributed by atoms with Crippen molar-refractivity contribution in [3.63, 3.8) is 0 Å². The summed E-state index contributed by atoms with van der Waals surface area (Å²) in [6.45, 7) is 4.88. The lowest BCUT2D eigenvalue weighted by atomic mass is 10.1. The number of ketones is 1. The van der Waals surface area contributed by atoms with E-state index in [-0.39, 0.29) is 24.9 Å². The van der Waals surface area contributed by atoms with Gasteiger partial charge in [-0.05, 0) is 25.1 Å². The Balaban J connectivity index is 1.46. The van der Waals surface area contributed by atoms with Gasteiger partial charge in [-0.2, -0.15) is 0 Å². The number of nitro groups is 1. The van der Waals surface area contributed by atoms with Gasteiger partial charge in [0.1, 0.15) is 11.6 Å². The van der Waals surface area contributed by atoms with Crippen LogP contribution >= 0.6 is 0 Å². The molecular formula is C21H22FN3O5. The van der Waals surface area contributed by atoms with E-state index in [0.717, 1.165) is 5.56 Å². The molecule has 0 saturated carbocycles. The van der Waals surface area contributed by atoms with Crippen molar-refractivity contribution in [2.24, 2.45) is 0 Å². The highest BCUT2D eigenvalue weighted by molar-refractivity contribution is 5.94. The molecule has 1 saturated heterocycles. The van der Waals surface area contributed by atoms with E-state index in [0.29, 0.717) is 55.3 Å². The van der Waals surface area contributed by atoms with Crippen molar-refractivity contribution >= 4 is 17.2 Å². The average Bonchev–Trinajstić information content (AvgIpc) is 2.74. The number of nitrogens with zero attached hydrogens (tertiary/aromatic N) is 3. The molecule has 2 heterocycles. The van der Waals surface area contributed by atoms with Crippen LogP contribution in [0, 0.1) is 15.9 Å². The lowest BCUT2D eigenvalue weighted by molar-refractivity contribution is -0.385. The molecule has 0 aliphatic carbocycles. The van der Waals surface area contributed by atoms with Gasteiger partial charge in [0, 0.05) is 61.5 Å². The standard InChI is InChI=1S/C21H22FN3O5/c1-14(26)15-2-3-20(19(22)10-15)24-6-4-23(5-7-24)11-16-8-18(25(27)28)9-17-12-29-13-30-21(16)17/h2-3,8-10H,4-7,11-13H2,1H3. The second kappa shape index (κ2) is 8.37. The summed E-state index contributed by atoms with van der Waals surface area (Å²) in [5, 5.41) is 11.3. The molecule has 2 aliphatic heterocycles. The number of piperazine rings is 1. The molecule has 2 aromatic carbocycles. The second-order valence-corrected chi connectivity index (χ2v) is 7.45. The fraction of sp³-hybridized carbons (Fsp3) is 0.381. The summed E-state index contributed by atoms with van der Waals surface area (Å²) in [5.74, 6) is 0.0793. The van der Waals surface area contributed by atoms with Crippen LogP contribution in [0.15, 0.2) is 30.3 Å². The van der Waals surface area contributed by atoms with E-state index in [1.54, 1.807) is 18.2 Å². The Hall–Kier alpha value is -3.04. The summed E-state index contributed by atoms with van der Waals surface area (Å²) >= 11 is 0. The zero-order valence-electron chi connectivity index (χ0n) is 16.6. The smallest absolute Gasteiger partial charge is 0.270 e. The number of carbonyl (C=O) groups excluding carboxylic acids is 1. The van der Waals surface area contributed by atoms with Crippen molar-refractivity contribution in [3.05, 3.63) is 63.0 Å². The summed E-state index contributed by atoms with van der Waals surface area (Å²) in [6, 6.07) is 7.60. The fourth-order valence-corrected chi connectivity index (χ4v) is 3.87. The Bertz CT molecular complexity index is 989. The monoisotopic (exact) mass is 415 g/mol. The van der Waals surface area contributed by atoms with Gasteiger partial charge in [0.05, 0.1) is 17.2 Å². The zero-order chi connectivity index (χ0) is 21.3. The van der Waals surface area contributed by atoms with Crippen LogP contribution in [-0.4, -0.2) is 48.6 Å². The maximum atomic E-state index is 14.4. The summed E-state index contributed by atoms with van der Waals surface area (Å²) in [5.41, 5.74) is 2.29. The van der Waals surface area contributed by atoms with Crippen molar-refractivity contribution in [3.8, 4) is 5.75 Å². The summed E-state index contributed by atoms with van der Waals surface area (Å²) in [7, 11) is 0. The number of Topliss-reactive ketones (excluding diaryl/α,β-unsaturated/α-hetero) is 1. The maximum Gasteiger partial charge on any atom is 0.270 e. The van der Waals surface area contributed by atoms with Crippen molar-refractivity contribution in [1.29, 1.82) is 0 Å². The molecule has 0 unspecified atom stereocenters. The predicted octanol–water partition coefficient (Wildman–Crippen LogP) is 3.13. The molecule has 0 N–H and O–H groups in total. The number of carbonyl (C=O) groups is 1. The highest BCUT2D eigenvalue weighted by Crippen LogP contribution is 2.33. The SMILES string of the molecule is CC(=O)c1ccc(N2CCN(Cc3cc([N+](=O)[O-])cc4c3OCOC4)CC2)c(F)c1. The van der Waals surface area contributed by atoms with E-state index >= 15 is 0 Å². The molecule has 158 valence electrons. The number of non-ortho nitro benzene ring substituents is 1. The largest absolute Gasteiger partial charge is 0.467 e. The van der Waals surface area contributed by atoms with E-state index in [1.165, 1.54) is 19.1 Å². The first-order valence-electron chi connectivity index (χ1n) is 9.71. The molecule has 0 aromatic heterocycles. The van der Waals surface area contributed by atoms with Crippen LogP contribution < -0.4 is 9.64 Å². The predicted molar refractivity (Wildman–Crippen MR) is 107 cm³/mol. The van der Waals surface area contributed by atoms with Crippen LogP contribution in [0.1, 0.15) is 28.4 Å². The average molecular weight is 415 g/mol. The molecule has 4 rings (SSSR count). The first-order chi connectivity index (χ1) is 14.4.